The molecule has 0 fully saturated rings. The summed E-state index contributed by atoms with van der Waals surface area (Å²) in [5.41, 5.74) is 1.31. The second-order valence-corrected chi connectivity index (χ2v) is 6.94. The lowest BCUT2D eigenvalue weighted by Gasteiger charge is -2.22. The van der Waals surface area contributed by atoms with E-state index in [0.717, 1.165) is 11.0 Å². The molecule has 0 aliphatic heterocycles. The molecule has 0 radical (unpaired) electrons. The van der Waals surface area contributed by atoms with E-state index in [1.165, 1.54) is 50.6 Å². The summed E-state index contributed by atoms with van der Waals surface area (Å²) >= 11 is 3.68. The smallest absolute Gasteiger partial charge is 0.0698 e. The maximum absolute atomic E-state index is 4.52. The van der Waals surface area contributed by atoms with Gasteiger partial charge in [0.05, 0.1) is 22.4 Å². The second-order valence-electron chi connectivity index (χ2n) is 6.08. The van der Waals surface area contributed by atoms with Crippen LogP contribution in [0.4, 0.5) is 0 Å². The van der Waals surface area contributed by atoms with Crippen LogP contribution < -0.4 is 5.32 Å². The first-order valence-corrected chi connectivity index (χ1v) is 9.37. The number of nitrogens with zero attached hydrogens (tertiary/aromatic N) is 2. The standard InChI is InChI=1S/C17H32BrN3/c1-5-7-8-9-10-11-12-16(19-6-2)17-15(18)13-20-21(17)14(3)4/h13-14,16,19H,5-12H2,1-4H3. The van der Waals surface area contributed by atoms with Gasteiger partial charge in [0, 0.05) is 6.04 Å². The number of hydrogen-bond acceptors (Lipinski definition) is 2. The van der Waals surface area contributed by atoms with Crippen LogP contribution in [0, 0.1) is 0 Å². The molecule has 1 heterocycles. The minimum atomic E-state index is 0.400. The highest BCUT2D eigenvalue weighted by molar-refractivity contribution is 9.10. The van der Waals surface area contributed by atoms with Crippen LogP contribution in [0.5, 0.6) is 0 Å². The number of unbranched alkanes of at least 4 members (excludes halogenated alkanes) is 5. The quantitative estimate of drug-likeness (QED) is 0.520. The summed E-state index contributed by atoms with van der Waals surface area (Å²) in [6.07, 6.45) is 11.2. The topological polar surface area (TPSA) is 29.9 Å². The first-order valence-electron chi connectivity index (χ1n) is 8.58. The van der Waals surface area contributed by atoms with E-state index in [9.17, 15) is 0 Å². The molecular formula is C17H32BrN3. The van der Waals surface area contributed by atoms with Crippen molar-refractivity contribution >= 4 is 15.9 Å². The molecule has 1 unspecified atom stereocenters. The summed E-state index contributed by atoms with van der Waals surface area (Å²) in [6, 6.07) is 0.803. The molecule has 1 aromatic heterocycles. The van der Waals surface area contributed by atoms with Crippen molar-refractivity contribution in [2.75, 3.05) is 6.54 Å². The van der Waals surface area contributed by atoms with Gasteiger partial charge in [-0.3, -0.25) is 4.68 Å². The summed E-state index contributed by atoms with van der Waals surface area (Å²) in [4.78, 5) is 0. The van der Waals surface area contributed by atoms with Crippen LogP contribution in [0.3, 0.4) is 0 Å². The van der Waals surface area contributed by atoms with Crippen molar-refractivity contribution in [2.24, 2.45) is 0 Å². The van der Waals surface area contributed by atoms with Gasteiger partial charge in [-0.15, -0.1) is 0 Å². The third kappa shape index (κ3) is 6.11. The van der Waals surface area contributed by atoms with Crippen LogP contribution in [0.2, 0.25) is 0 Å². The Morgan fingerprint density at radius 2 is 1.81 bits per heavy atom. The molecule has 1 N–H and O–H groups in total. The summed E-state index contributed by atoms with van der Waals surface area (Å²) < 4.78 is 3.28. The lowest BCUT2D eigenvalue weighted by molar-refractivity contribution is 0.418. The lowest BCUT2D eigenvalue weighted by Crippen LogP contribution is -2.25. The number of hydrogen-bond donors (Lipinski definition) is 1. The first-order chi connectivity index (χ1) is 10.1. The summed E-state index contributed by atoms with van der Waals surface area (Å²) in [5, 5.41) is 8.15. The van der Waals surface area contributed by atoms with Gasteiger partial charge in [0.1, 0.15) is 0 Å². The zero-order chi connectivity index (χ0) is 15.7. The third-order valence-electron chi connectivity index (χ3n) is 3.90. The Balaban J connectivity index is 2.58. The molecule has 0 aliphatic rings. The Kier molecular flexibility index (Phi) is 9.25. The SMILES string of the molecule is CCCCCCCCC(NCC)c1c(Br)cnn1C(C)C. The van der Waals surface area contributed by atoms with Crippen molar-refractivity contribution in [3.8, 4) is 0 Å². The van der Waals surface area contributed by atoms with Gasteiger partial charge in [0.25, 0.3) is 0 Å². The van der Waals surface area contributed by atoms with Crippen molar-refractivity contribution in [1.29, 1.82) is 0 Å². The molecule has 4 heteroatoms. The second kappa shape index (κ2) is 10.4. The molecule has 1 rings (SSSR count). The van der Waals surface area contributed by atoms with Crippen molar-refractivity contribution in [3.63, 3.8) is 0 Å². The van der Waals surface area contributed by atoms with Crippen molar-refractivity contribution < 1.29 is 0 Å². The molecule has 122 valence electrons. The van der Waals surface area contributed by atoms with Gasteiger partial charge in [0.2, 0.25) is 0 Å². The first kappa shape index (κ1) is 18.7. The molecular weight excluding hydrogens is 326 g/mol. The fraction of sp³-hybridized carbons (Fsp3) is 0.824. The monoisotopic (exact) mass is 357 g/mol. The molecule has 0 amide bonds. The minimum Gasteiger partial charge on any atom is -0.309 e. The maximum atomic E-state index is 4.52. The van der Waals surface area contributed by atoms with Gasteiger partial charge in [-0.1, -0.05) is 52.4 Å². The highest BCUT2D eigenvalue weighted by atomic mass is 79.9. The Morgan fingerprint density at radius 3 is 2.43 bits per heavy atom. The highest BCUT2D eigenvalue weighted by Crippen LogP contribution is 2.29. The van der Waals surface area contributed by atoms with Gasteiger partial charge in [0.15, 0.2) is 0 Å². The Morgan fingerprint density at radius 1 is 1.14 bits per heavy atom. The summed E-state index contributed by atoms with van der Waals surface area (Å²) in [7, 11) is 0. The van der Waals surface area contributed by atoms with Crippen LogP contribution in [0.15, 0.2) is 10.7 Å². The summed E-state index contributed by atoms with van der Waals surface area (Å²) in [6.45, 7) is 9.83. The Hall–Kier alpha value is -0.350. The zero-order valence-electron chi connectivity index (χ0n) is 14.2. The molecule has 1 atom stereocenters. The van der Waals surface area contributed by atoms with Crippen LogP contribution in [0.1, 0.15) is 90.4 Å². The fourth-order valence-electron chi connectivity index (χ4n) is 2.80. The molecule has 3 nitrogen and oxygen atoms in total. The van der Waals surface area contributed by atoms with Crippen LogP contribution in [0.25, 0.3) is 0 Å². The molecule has 0 bridgehead atoms. The van der Waals surface area contributed by atoms with E-state index in [0.29, 0.717) is 12.1 Å². The van der Waals surface area contributed by atoms with E-state index in [1.807, 2.05) is 6.20 Å². The molecule has 0 aromatic carbocycles. The normalized spacial score (nSPS) is 13.0. The van der Waals surface area contributed by atoms with Gasteiger partial charge < -0.3 is 5.32 Å². The van der Waals surface area contributed by atoms with E-state index < -0.39 is 0 Å². The molecule has 0 saturated carbocycles. The van der Waals surface area contributed by atoms with Gasteiger partial charge in [-0.2, -0.15) is 5.10 Å². The number of aromatic nitrogens is 2. The van der Waals surface area contributed by atoms with Crippen molar-refractivity contribution in [1.82, 2.24) is 15.1 Å². The lowest BCUT2D eigenvalue weighted by atomic mass is 10.0. The van der Waals surface area contributed by atoms with E-state index in [1.54, 1.807) is 0 Å². The fourth-order valence-corrected chi connectivity index (χ4v) is 3.35. The molecule has 0 saturated heterocycles. The van der Waals surface area contributed by atoms with Gasteiger partial charge >= 0.3 is 0 Å². The molecule has 0 aliphatic carbocycles. The largest absolute Gasteiger partial charge is 0.309 e. The highest BCUT2D eigenvalue weighted by Gasteiger charge is 2.20. The number of nitrogens with one attached hydrogen (secondary N) is 1. The van der Waals surface area contributed by atoms with Crippen LogP contribution >= 0.6 is 15.9 Å². The average molecular weight is 358 g/mol. The zero-order valence-corrected chi connectivity index (χ0v) is 15.7. The minimum absolute atomic E-state index is 0.400. The molecule has 21 heavy (non-hydrogen) atoms. The Labute approximate surface area is 139 Å². The van der Waals surface area contributed by atoms with E-state index in [2.05, 4.69) is 58.7 Å². The molecule has 1 aromatic rings. The number of rotatable bonds is 11. The Bertz CT molecular complexity index is 387. The van der Waals surface area contributed by atoms with E-state index >= 15 is 0 Å². The van der Waals surface area contributed by atoms with Crippen LogP contribution in [-0.2, 0) is 0 Å². The maximum Gasteiger partial charge on any atom is 0.0698 e. The summed E-state index contributed by atoms with van der Waals surface area (Å²) in [5.74, 6) is 0. The van der Waals surface area contributed by atoms with Gasteiger partial charge in [-0.05, 0) is 42.7 Å². The predicted octanol–water partition coefficient (Wildman–Crippen LogP) is 5.63. The van der Waals surface area contributed by atoms with Crippen molar-refractivity contribution in [3.05, 3.63) is 16.4 Å². The van der Waals surface area contributed by atoms with Gasteiger partial charge in [-0.25, -0.2) is 0 Å². The predicted molar refractivity (Wildman–Crippen MR) is 94.7 cm³/mol. The average Bonchev–Trinajstić information content (AvgIpc) is 2.83. The van der Waals surface area contributed by atoms with E-state index in [4.69, 9.17) is 0 Å². The van der Waals surface area contributed by atoms with Crippen LogP contribution in [-0.4, -0.2) is 16.3 Å². The number of halogens is 1. The van der Waals surface area contributed by atoms with Crippen molar-refractivity contribution in [2.45, 2.75) is 84.7 Å². The molecule has 0 spiro atoms. The van der Waals surface area contributed by atoms with E-state index in [-0.39, 0.29) is 0 Å². The third-order valence-corrected chi connectivity index (χ3v) is 4.51.